The van der Waals surface area contributed by atoms with Crippen LogP contribution in [0.5, 0.6) is 0 Å². The second-order valence-corrected chi connectivity index (χ2v) is 34.5. The predicted molar refractivity (Wildman–Crippen MR) is 401 cm³/mol. The highest BCUT2D eigenvalue weighted by atomic mass is 32.2. The molecule has 0 aliphatic heterocycles. The summed E-state index contributed by atoms with van der Waals surface area (Å²) in [5, 5.41) is 78.4. The van der Waals surface area contributed by atoms with Crippen molar-refractivity contribution in [3.05, 3.63) is 158 Å². The molecule has 5 aromatic heterocycles. The monoisotopic (exact) mass is 1450 g/mol. The van der Waals surface area contributed by atoms with Crippen LogP contribution in [0, 0.1) is 62.3 Å². The molecule has 0 saturated heterocycles. The molecule has 10 aromatic rings. The number of hydrogen-bond donors (Lipinski definition) is 4. The Morgan fingerprint density at radius 1 is 0.431 bits per heavy atom. The number of rotatable bonds is 17. The first-order chi connectivity index (χ1) is 48.5. The van der Waals surface area contributed by atoms with E-state index in [2.05, 4.69) is 139 Å². The minimum absolute atomic E-state index is 0.548. The molecule has 5 aromatic carbocycles. The fraction of sp³-hybridized carbons (Fsp3) is 0.442. The van der Waals surface area contributed by atoms with Gasteiger partial charge >= 0.3 is 23.9 Å². The van der Waals surface area contributed by atoms with Crippen molar-refractivity contribution in [3.63, 3.8) is 0 Å². The SMILES string of the molecule is Cc1ccc(-n2c(C)nnc2SC(C)(C)C(=O)O)c2c1CCCC2.Cc1ccc(-n2c(C)nnc2SC2(C(=O)O)CCC2)c2c1CCCC2.Cc1ccc2c(C)cc(C)c(-n3c(C)nnc3SC(C)(C)C(=O)O)c2n1.Cc1nnc(SC2(C(=O)O)CCC2)n1-c1ccc(C2CC2)c2ccccc12. The zero-order valence-corrected chi connectivity index (χ0v) is 63.5. The zero-order chi connectivity index (χ0) is 72.9. The van der Waals surface area contributed by atoms with Crippen LogP contribution in [0.4, 0.5) is 0 Å². The van der Waals surface area contributed by atoms with E-state index in [0.29, 0.717) is 58.1 Å². The molecule has 4 N–H and O–H groups in total. The maximum Gasteiger partial charge on any atom is 0.320 e. The first-order valence-electron chi connectivity index (χ1n) is 35.0. The molecule has 102 heavy (non-hydrogen) atoms. The highest BCUT2D eigenvalue weighted by Gasteiger charge is 2.48. The Morgan fingerprint density at radius 3 is 1.28 bits per heavy atom. The van der Waals surface area contributed by atoms with E-state index in [1.165, 1.54) is 135 Å². The number of hydrogen-bond acceptors (Lipinski definition) is 17. The van der Waals surface area contributed by atoms with Crippen LogP contribution < -0.4 is 0 Å². The van der Waals surface area contributed by atoms with Gasteiger partial charge in [-0.1, -0.05) is 102 Å². The summed E-state index contributed by atoms with van der Waals surface area (Å²) in [6.45, 7) is 24.8. The third kappa shape index (κ3) is 14.5. The van der Waals surface area contributed by atoms with Crippen molar-refractivity contribution < 1.29 is 39.6 Å². The van der Waals surface area contributed by atoms with E-state index in [4.69, 9.17) is 4.98 Å². The molecule has 0 spiro atoms. The maximum atomic E-state index is 11.8. The third-order valence-electron chi connectivity index (χ3n) is 20.5. The van der Waals surface area contributed by atoms with Gasteiger partial charge in [0.2, 0.25) is 0 Å². The lowest BCUT2D eigenvalue weighted by Gasteiger charge is -2.36. The Kier molecular flexibility index (Phi) is 21.1. The second-order valence-electron chi connectivity index (χ2n) is 28.6. The van der Waals surface area contributed by atoms with Crippen molar-refractivity contribution in [1.82, 2.24) is 64.0 Å². The fourth-order valence-electron chi connectivity index (χ4n) is 14.1. The fourth-order valence-corrected chi connectivity index (χ4v) is 18.6. The van der Waals surface area contributed by atoms with Gasteiger partial charge in [0, 0.05) is 16.5 Å². The summed E-state index contributed by atoms with van der Waals surface area (Å²) >= 11 is 5.15. The molecule has 21 nitrogen and oxygen atoms in total. The Labute approximate surface area is 611 Å². The van der Waals surface area contributed by atoms with Crippen molar-refractivity contribution in [2.45, 2.75) is 238 Å². The van der Waals surface area contributed by atoms with Gasteiger partial charge in [0.05, 0.1) is 28.3 Å². The molecule has 5 heterocycles. The summed E-state index contributed by atoms with van der Waals surface area (Å²) in [6, 6.07) is 27.6. The number of fused-ring (bicyclic) bond motifs is 4. The predicted octanol–water partition coefficient (Wildman–Crippen LogP) is 16.3. The Morgan fingerprint density at radius 2 is 0.843 bits per heavy atom. The van der Waals surface area contributed by atoms with Gasteiger partial charge < -0.3 is 20.4 Å². The lowest BCUT2D eigenvalue weighted by molar-refractivity contribution is -0.143. The first kappa shape index (κ1) is 73.4. The molecule has 0 bridgehead atoms. The van der Waals surface area contributed by atoms with Crippen molar-refractivity contribution >= 4 is 92.6 Å². The van der Waals surface area contributed by atoms with Crippen LogP contribution in [-0.4, -0.2) is 127 Å². The average Bonchev–Trinajstić information content (AvgIpc) is 1.49. The molecule has 0 unspecified atom stereocenters. The number of aromatic nitrogens is 13. The highest BCUT2D eigenvalue weighted by Crippen LogP contribution is 2.51. The molecular weight excluding hydrogens is 1360 g/mol. The Hall–Kier alpha value is -8.39. The first-order valence-corrected chi connectivity index (χ1v) is 38.3. The zero-order valence-electron chi connectivity index (χ0n) is 60.3. The number of carbonyl (C=O) groups is 4. The minimum Gasteiger partial charge on any atom is -0.480 e. The maximum absolute atomic E-state index is 11.8. The van der Waals surface area contributed by atoms with Gasteiger partial charge in [-0.3, -0.25) is 42.4 Å². The smallest absolute Gasteiger partial charge is 0.320 e. The van der Waals surface area contributed by atoms with E-state index in [1.54, 1.807) is 27.7 Å². The molecule has 0 amide bonds. The standard InChI is InChI=1S/C21H21N3O2S.C19H22N4O2S.C19H23N3O2S.C18H23N3O2S/c1-13-22-23-20(27-21(19(25)26)11-4-12-21)24(13)18-10-9-15(14-7-8-14)16-5-2-3-6-17(16)18;1-10-9-11(2)16(15-14(10)8-7-12(3)20-15)23-13(4)21-22-18(23)26-19(5,6)17(24)25;1-12-8-9-16(15-7-4-3-6-14(12)15)22-13(2)20-21-18(22)25-19(17(23)24)10-5-11-19;1-11-9-10-15(14-8-6-5-7-13(11)14)21-12(2)19-20-17(21)24-18(3,4)16(22)23/h2-3,5-6,9-10,14H,4,7-8,11-12H2,1H3,(H,25,26);7-9H,1-6H3,(H,24,25);8-9H,3-7,10-11H2,1-2H3,(H,23,24);9-10H,5-8H2,1-4H3,(H,22,23). The van der Waals surface area contributed by atoms with Gasteiger partial charge in [0.25, 0.3) is 0 Å². The highest BCUT2D eigenvalue weighted by molar-refractivity contribution is 8.02. The van der Waals surface area contributed by atoms with Crippen molar-refractivity contribution in [2.24, 2.45) is 0 Å². The molecule has 534 valence electrons. The van der Waals surface area contributed by atoms with Crippen molar-refractivity contribution in [3.8, 4) is 22.7 Å². The van der Waals surface area contributed by atoms with Gasteiger partial charge in [0.15, 0.2) is 20.6 Å². The Bertz CT molecular complexity index is 4920. The summed E-state index contributed by atoms with van der Waals surface area (Å²) < 4.78 is 4.54. The molecular formula is C77H89N13O8S4. The van der Waals surface area contributed by atoms with Crippen LogP contribution in [0.2, 0.25) is 0 Å². The van der Waals surface area contributed by atoms with Crippen LogP contribution in [0.25, 0.3) is 44.4 Å². The van der Waals surface area contributed by atoms with E-state index in [1.807, 2.05) is 61.3 Å². The number of thioether (sulfide) groups is 4. The summed E-state index contributed by atoms with van der Waals surface area (Å²) in [4.78, 5) is 51.4. The normalized spacial score (nSPS) is 15.9. The van der Waals surface area contributed by atoms with E-state index >= 15 is 0 Å². The summed E-state index contributed by atoms with van der Waals surface area (Å²) in [7, 11) is 0. The number of benzene rings is 5. The number of nitrogens with zero attached hydrogens (tertiary/aromatic N) is 13. The number of aliphatic carboxylic acids is 4. The summed E-state index contributed by atoms with van der Waals surface area (Å²) in [5.41, 5.74) is 17.9. The van der Waals surface area contributed by atoms with Crippen LogP contribution in [0.15, 0.2) is 99.5 Å². The molecule has 0 radical (unpaired) electrons. The van der Waals surface area contributed by atoms with E-state index < -0.39 is 42.9 Å². The van der Waals surface area contributed by atoms with Gasteiger partial charge in [-0.15, -0.1) is 40.8 Å². The van der Waals surface area contributed by atoms with E-state index in [0.717, 1.165) is 106 Å². The van der Waals surface area contributed by atoms with Crippen molar-refractivity contribution in [1.29, 1.82) is 0 Å². The van der Waals surface area contributed by atoms with E-state index in [9.17, 15) is 39.6 Å². The van der Waals surface area contributed by atoms with Crippen LogP contribution in [-0.2, 0) is 44.9 Å². The van der Waals surface area contributed by atoms with Gasteiger partial charge in [0.1, 0.15) is 42.3 Å². The summed E-state index contributed by atoms with van der Waals surface area (Å²) in [6.07, 6.45) is 16.4. The molecule has 5 aliphatic carbocycles. The topological polar surface area (TPSA) is 285 Å². The largest absolute Gasteiger partial charge is 0.480 e. The Balaban J connectivity index is 0.000000129. The van der Waals surface area contributed by atoms with Gasteiger partial charge in [-0.2, -0.15) is 0 Å². The molecule has 3 fully saturated rings. The molecule has 15 rings (SSSR count). The number of carboxylic acid groups (broad SMARTS) is 4. The average molecular weight is 1450 g/mol. The molecule has 3 saturated carbocycles. The van der Waals surface area contributed by atoms with Crippen LogP contribution >= 0.6 is 47.0 Å². The lowest BCUT2D eigenvalue weighted by Crippen LogP contribution is -2.42. The lowest BCUT2D eigenvalue weighted by atomic mass is 9.84. The van der Waals surface area contributed by atoms with Gasteiger partial charge in [-0.05, 0) is 278 Å². The third-order valence-corrected chi connectivity index (χ3v) is 25.6. The minimum atomic E-state index is -1.02. The quantitative estimate of drug-likeness (QED) is 0.0616. The number of aryl methyl sites for hydroxylation is 9. The van der Waals surface area contributed by atoms with Gasteiger partial charge in [-0.25, -0.2) is 0 Å². The molecule has 0 atom stereocenters. The summed E-state index contributed by atoms with van der Waals surface area (Å²) in [5.74, 6) is 0.521. The number of pyridine rings is 1. The van der Waals surface area contributed by atoms with Crippen LogP contribution in [0.1, 0.15) is 190 Å². The molecule has 5 aliphatic rings. The number of carboxylic acids is 4. The van der Waals surface area contributed by atoms with E-state index in [-0.39, 0.29) is 0 Å². The second kappa shape index (κ2) is 29.4. The van der Waals surface area contributed by atoms with Crippen molar-refractivity contribution in [2.75, 3.05) is 0 Å². The molecule has 25 heteroatoms. The van der Waals surface area contributed by atoms with Crippen LogP contribution in [0.3, 0.4) is 0 Å².